The average Bonchev–Trinajstić information content (AvgIpc) is 2.87. The summed E-state index contributed by atoms with van der Waals surface area (Å²) in [6, 6.07) is 0.693. The molecule has 0 saturated carbocycles. The molecule has 1 fully saturated rings. The number of aryl methyl sites for hydroxylation is 1. The fourth-order valence-electron chi connectivity index (χ4n) is 2.95. The number of aromatic nitrogens is 2. The van der Waals surface area contributed by atoms with E-state index in [1.807, 2.05) is 12.5 Å². The molecule has 1 aliphatic rings. The van der Waals surface area contributed by atoms with Gasteiger partial charge in [0.25, 0.3) is 0 Å². The summed E-state index contributed by atoms with van der Waals surface area (Å²) >= 11 is 0. The highest BCUT2D eigenvalue weighted by Crippen LogP contribution is 2.15. The maximum Gasteiger partial charge on any atom is 0.0948 e. The predicted octanol–water partition coefficient (Wildman–Crippen LogP) is 2.26. The third-order valence-corrected chi connectivity index (χ3v) is 3.93. The first-order valence-corrected chi connectivity index (χ1v) is 7.79. The Bertz CT molecular complexity index is 355. The maximum atomic E-state index is 4.32. The molecule has 1 atom stereocenters. The number of piperidine rings is 1. The molecule has 1 saturated heterocycles. The summed E-state index contributed by atoms with van der Waals surface area (Å²) in [7, 11) is 0. The number of hydrogen-bond donors (Lipinski definition) is 1. The molecule has 1 N–H and O–H groups in total. The van der Waals surface area contributed by atoms with E-state index in [1.165, 1.54) is 44.5 Å². The third-order valence-electron chi connectivity index (χ3n) is 3.93. The minimum Gasteiger partial charge on any atom is -0.333 e. The van der Waals surface area contributed by atoms with Gasteiger partial charge in [-0.1, -0.05) is 13.8 Å². The van der Waals surface area contributed by atoms with Crippen LogP contribution in [0.2, 0.25) is 0 Å². The van der Waals surface area contributed by atoms with Crippen LogP contribution in [0.4, 0.5) is 0 Å². The Morgan fingerprint density at radius 2 is 2.32 bits per heavy atom. The van der Waals surface area contributed by atoms with Gasteiger partial charge in [0.05, 0.1) is 12.0 Å². The van der Waals surface area contributed by atoms with Crippen molar-refractivity contribution in [3.05, 3.63) is 18.2 Å². The molecule has 19 heavy (non-hydrogen) atoms. The smallest absolute Gasteiger partial charge is 0.0948 e. The van der Waals surface area contributed by atoms with E-state index in [0.29, 0.717) is 6.04 Å². The lowest BCUT2D eigenvalue weighted by Gasteiger charge is -2.34. The summed E-state index contributed by atoms with van der Waals surface area (Å²) < 4.78 is 2.30. The van der Waals surface area contributed by atoms with E-state index in [4.69, 9.17) is 0 Å². The van der Waals surface area contributed by atoms with Crippen LogP contribution >= 0.6 is 0 Å². The zero-order valence-electron chi connectivity index (χ0n) is 12.4. The van der Waals surface area contributed by atoms with E-state index in [-0.39, 0.29) is 0 Å². The molecule has 1 aliphatic heterocycles. The average molecular weight is 264 g/mol. The van der Waals surface area contributed by atoms with Gasteiger partial charge in [-0.05, 0) is 38.8 Å². The van der Waals surface area contributed by atoms with Crippen molar-refractivity contribution in [2.45, 2.75) is 58.7 Å². The zero-order chi connectivity index (χ0) is 13.5. The molecule has 4 heteroatoms. The summed E-state index contributed by atoms with van der Waals surface area (Å²) in [5, 5.41) is 3.53. The van der Waals surface area contributed by atoms with Crippen LogP contribution in [0.3, 0.4) is 0 Å². The molecule has 1 unspecified atom stereocenters. The fraction of sp³-hybridized carbons (Fsp3) is 0.800. The number of rotatable bonds is 7. The Kier molecular flexibility index (Phi) is 5.86. The van der Waals surface area contributed by atoms with Crippen molar-refractivity contribution < 1.29 is 0 Å². The molecule has 0 spiro atoms. The molecular formula is C15H28N4. The summed E-state index contributed by atoms with van der Waals surface area (Å²) in [6.45, 7) is 10.1. The quantitative estimate of drug-likeness (QED) is 0.820. The highest BCUT2D eigenvalue weighted by molar-refractivity contribution is 4.99. The SMILES string of the molecule is CCCN(Cc1cncn1CCC)C1CCCNC1. The Morgan fingerprint density at radius 1 is 1.42 bits per heavy atom. The van der Waals surface area contributed by atoms with Gasteiger partial charge in [0, 0.05) is 31.9 Å². The number of hydrogen-bond acceptors (Lipinski definition) is 3. The van der Waals surface area contributed by atoms with Crippen molar-refractivity contribution in [1.82, 2.24) is 19.8 Å². The van der Waals surface area contributed by atoms with Crippen LogP contribution in [0.5, 0.6) is 0 Å². The van der Waals surface area contributed by atoms with Crippen molar-refractivity contribution in [3.8, 4) is 0 Å². The van der Waals surface area contributed by atoms with Gasteiger partial charge in [-0.25, -0.2) is 4.98 Å². The van der Waals surface area contributed by atoms with Gasteiger partial charge in [0.2, 0.25) is 0 Å². The monoisotopic (exact) mass is 264 g/mol. The Hall–Kier alpha value is -0.870. The van der Waals surface area contributed by atoms with E-state index in [1.54, 1.807) is 0 Å². The van der Waals surface area contributed by atoms with Crippen LogP contribution in [0, 0.1) is 0 Å². The van der Waals surface area contributed by atoms with Gasteiger partial charge < -0.3 is 9.88 Å². The van der Waals surface area contributed by atoms with Gasteiger partial charge in [-0.2, -0.15) is 0 Å². The van der Waals surface area contributed by atoms with Crippen LogP contribution < -0.4 is 5.32 Å². The molecule has 2 heterocycles. The highest BCUT2D eigenvalue weighted by Gasteiger charge is 2.21. The molecule has 0 bridgehead atoms. The van der Waals surface area contributed by atoms with Crippen LogP contribution in [0.15, 0.2) is 12.5 Å². The second-order valence-corrected chi connectivity index (χ2v) is 5.55. The number of nitrogens with zero attached hydrogens (tertiary/aromatic N) is 3. The van der Waals surface area contributed by atoms with Crippen molar-refractivity contribution in [1.29, 1.82) is 0 Å². The molecular weight excluding hydrogens is 236 g/mol. The van der Waals surface area contributed by atoms with Crippen molar-refractivity contribution in [2.24, 2.45) is 0 Å². The van der Waals surface area contributed by atoms with Crippen LogP contribution in [-0.4, -0.2) is 40.1 Å². The minimum absolute atomic E-state index is 0.693. The Balaban J connectivity index is 2.00. The molecule has 1 aromatic heterocycles. The first-order chi connectivity index (χ1) is 9.35. The lowest BCUT2D eigenvalue weighted by Crippen LogP contribution is -2.46. The lowest BCUT2D eigenvalue weighted by atomic mass is 10.1. The maximum absolute atomic E-state index is 4.32. The lowest BCUT2D eigenvalue weighted by molar-refractivity contribution is 0.154. The standard InChI is InChI=1S/C15H28N4/c1-3-8-18(14-6-5-7-16-10-14)12-15-11-17-13-19(15)9-4-2/h11,13-14,16H,3-10,12H2,1-2H3. The molecule has 0 aromatic carbocycles. The zero-order valence-corrected chi connectivity index (χ0v) is 12.4. The molecule has 2 rings (SSSR count). The highest BCUT2D eigenvalue weighted by atomic mass is 15.2. The normalized spacial score (nSPS) is 20.1. The Labute approximate surface area is 117 Å². The Morgan fingerprint density at radius 3 is 3.00 bits per heavy atom. The van der Waals surface area contributed by atoms with Crippen molar-refractivity contribution in [3.63, 3.8) is 0 Å². The van der Waals surface area contributed by atoms with E-state index in [9.17, 15) is 0 Å². The fourth-order valence-corrected chi connectivity index (χ4v) is 2.95. The predicted molar refractivity (Wildman–Crippen MR) is 79.1 cm³/mol. The van der Waals surface area contributed by atoms with Crippen LogP contribution in [0.1, 0.15) is 45.2 Å². The molecule has 0 radical (unpaired) electrons. The number of nitrogens with one attached hydrogen (secondary N) is 1. The second-order valence-electron chi connectivity index (χ2n) is 5.55. The van der Waals surface area contributed by atoms with Crippen molar-refractivity contribution in [2.75, 3.05) is 19.6 Å². The second kappa shape index (κ2) is 7.65. The molecule has 4 nitrogen and oxygen atoms in total. The summed E-state index contributed by atoms with van der Waals surface area (Å²) in [4.78, 5) is 6.95. The summed E-state index contributed by atoms with van der Waals surface area (Å²) in [5.41, 5.74) is 1.36. The first-order valence-electron chi connectivity index (χ1n) is 7.79. The topological polar surface area (TPSA) is 33.1 Å². The van der Waals surface area contributed by atoms with Gasteiger partial charge in [0.15, 0.2) is 0 Å². The molecule has 1 aromatic rings. The first kappa shape index (κ1) is 14.5. The van der Waals surface area contributed by atoms with E-state index in [2.05, 4.69) is 33.6 Å². The van der Waals surface area contributed by atoms with Crippen LogP contribution in [-0.2, 0) is 13.1 Å². The molecule has 0 amide bonds. The number of imidazole rings is 1. The summed E-state index contributed by atoms with van der Waals surface area (Å²) in [6.07, 6.45) is 9.03. The van der Waals surface area contributed by atoms with Gasteiger partial charge in [-0.15, -0.1) is 0 Å². The van der Waals surface area contributed by atoms with Gasteiger partial charge in [-0.3, -0.25) is 4.90 Å². The third kappa shape index (κ3) is 4.05. The molecule has 0 aliphatic carbocycles. The molecule has 108 valence electrons. The largest absolute Gasteiger partial charge is 0.333 e. The van der Waals surface area contributed by atoms with Gasteiger partial charge in [0.1, 0.15) is 0 Å². The minimum atomic E-state index is 0.693. The van der Waals surface area contributed by atoms with E-state index >= 15 is 0 Å². The van der Waals surface area contributed by atoms with Crippen molar-refractivity contribution >= 4 is 0 Å². The van der Waals surface area contributed by atoms with E-state index < -0.39 is 0 Å². The van der Waals surface area contributed by atoms with Gasteiger partial charge >= 0.3 is 0 Å². The van der Waals surface area contributed by atoms with Crippen LogP contribution in [0.25, 0.3) is 0 Å². The summed E-state index contributed by atoms with van der Waals surface area (Å²) in [5.74, 6) is 0. The van der Waals surface area contributed by atoms with E-state index in [0.717, 1.165) is 19.6 Å².